The van der Waals surface area contributed by atoms with E-state index in [-0.39, 0.29) is 16.9 Å². The Bertz CT molecular complexity index is 1210. The van der Waals surface area contributed by atoms with Crippen LogP contribution in [0.2, 0.25) is 0 Å². The lowest BCUT2D eigenvalue weighted by Gasteiger charge is -2.09. The summed E-state index contributed by atoms with van der Waals surface area (Å²) in [5.74, 6) is -1.97. The van der Waals surface area contributed by atoms with Crippen LogP contribution in [-0.4, -0.2) is 0 Å². The highest BCUT2D eigenvalue weighted by molar-refractivity contribution is 5.74. The molecule has 0 atom stereocenters. The molecule has 30 heavy (non-hydrogen) atoms. The third kappa shape index (κ3) is 4.06. The monoisotopic (exact) mass is 400 g/mol. The van der Waals surface area contributed by atoms with Gasteiger partial charge in [-0.05, 0) is 40.8 Å². The topological polar surface area (TPSA) is 0 Å². The van der Waals surface area contributed by atoms with E-state index in [1.165, 1.54) is 6.07 Å². The summed E-state index contributed by atoms with van der Waals surface area (Å²) < 4.78 is 43.1. The fourth-order valence-corrected chi connectivity index (χ4v) is 3.29. The lowest BCUT2D eigenvalue weighted by Crippen LogP contribution is -1.94. The smallest absolute Gasteiger partial charge is 0.167 e. The highest BCUT2D eigenvalue weighted by Gasteiger charge is 2.15. The van der Waals surface area contributed by atoms with Crippen LogP contribution < -0.4 is 0 Å². The van der Waals surface area contributed by atoms with Gasteiger partial charge in [-0.3, -0.25) is 0 Å². The van der Waals surface area contributed by atoms with E-state index < -0.39 is 11.6 Å². The minimum absolute atomic E-state index is 0.211. The maximum absolute atomic E-state index is 14.7. The Morgan fingerprint density at radius 1 is 0.567 bits per heavy atom. The normalized spacial score (nSPS) is 11.2. The van der Waals surface area contributed by atoms with Crippen molar-refractivity contribution in [2.45, 2.75) is 6.92 Å². The molecule has 0 aliphatic heterocycles. The van der Waals surface area contributed by atoms with Crippen LogP contribution in [0.25, 0.3) is 34.4 Å². The predicted octanol–water partition coefficient (Wildman–Crippen LogP) is 7.92. The second-order valence-corrected chi connectivity index (χ2v) is 7.12. The summed E-state index contributed by atoms with van der Waals surface area (Å²) in [4.78, 5) is 0. The molecule has 0 unspecified atom stereocenters. The quantitative estimate of drug-likeness (QED) is 0.305. The maximum atomic E-state index is 14.7. The van der Waals surface area contributed by atoms with Crippen molar-refractivity contribution in [3.8, 4) is 22.3 Å². The van der Waals surface area contributed by atoms with Crippen molar-refractivity contribution in [2.24, 2.45) is 0 Å². The molecule has 0 bridgehead atoms. The summed E-state index contributed by atoms with van der Waals surface area (Å²) in [6.45, 7) is 1.72. The van der Waals surface area contributed by atoms with Crippen molar-refractivity contribution >= 4 is 12.2 Å². The summed E-state index contributed by atoms with van der Waals surface area (Å²) in [6.07, 6.45) is 3.66. The van der Waals surface area contributed by atoms with E-state index in [2.05, 4.69) is 0 Å². The number of rotatable bonds is 4. The maximum Gasteiger partial charge on any atom is 0.167 e. The van der Waals surface area contributed by atoms with E-state index in [1.54, 1.807) is 61.5 Å². The number of hydrogen-bond donors (Lipinski definition) is 0. The van der Waals surface area contributed by atoms with Gasteiger partial charge < -0.3 is 0 Å². The molecule has 0 amide bonds. The van der Waals surface area contributed by atoms with Gasteiger partial charge in [0, 0.05) is 11.1 Å². The van der Waals surface area contributed by atoms with Crippen LogP contribution >= 0.6 is 0 Å². The number of hydrogen-bond acceptors (Lipinski definition) is 0. The first-order valence-electron chi connectivity index (χ1n) is 9.61. The van der Waals surface area contributed by atoms with Gasteiger partial charge in [0.1, 0.15) is 5.82 Å². The SMILES string of the molecule is Cc1ccc(C=Cc2ccc(-c3ccc(-c4ccccc4)c(F)c3F)cc2)cc1F. The standard InChI is InChI=1S/C27H19F3/c1-18-7-8-20(17-25(18)28)10-9-19-11-13-22(14-12-19)24-16-15-23(26(29)27(24)30)21-5-3-2-4-6-21/h2-17H,1H3. The van der Waals surface area contributed by atoms with Gasteiger partial charge in [-0.25, -0.2) is 13.2 Å². The summed E-state index contributed by atoms with van der Waals surface area (Å²) >= 11 is 0. The molecule has 0 aromatic heterocycles. The summed E-state index contributed by atoms with van der Waals surface area (Å²) in [5, 5.41) is 0. The Kier molecular flexibility index (Phi) is 5.53. The van der Waals surface area contributed by atoms with Crippen LogP contribution in [0.3, 0.4) is 0 Å². The molecule has 4 rings (SSSR count). The lowest BCUT2D eigenvalue weighted by atomic mass is 9.98. The Hall–Kier alpha value is -3.59. The molecule has 0 aliphatic carbocycles. The van der Waals surface area contributed by atoms with Crippen LogP contribution in [0, 0.1) is 24.4 Å². The van der Waals surface area contributed by atoms with Crippen molar-refractivity contribution in [2.75, 3.05) is 0 Å². The Balaban J connectivity index is 1.59. The van der Waals surface area contributed by atoms with E-state index in [4.69, 9.17) is 0 Å². The Labute approximate surface area is 174 Å². The predicted molar refractivity (Wildman–Crippen MR) is 117 cm³/mol. The zero-order valence-corrected chi connectivity index (χ0v) is 16.4. The van der Waals surface area contributed by atoms with Gasteiger partial charge in [-0.2, -0.15) is 0 Å². The fraction of sp³-hybridized carbons (Fsp3) is 0.0370. The van der Waals surface area contributed by atoms with Gasteiger partial charge in [-0.1, -0.05) is 91.0 Å². The minimum Gasteiger partial charge on any atom is -0.207 e. The van der Waals surface area contributed by atoms with Crippen molar-refractivity contribution in [1.29, 1.82) is 0 Å². The van der Waals surface area contributed by atoms with Crippen molar-refractivity contribution in [3.63, 3.8) is 0 Å². The van der Waals surface area contributed by atoms with Crippen LogP contribution in [0.4, 0.5) is 13.2 Å². The molecule has 0 N–H and O–H groups in total. The molecule has 0 fully saturated rings. The molecule has 4 aromatic carbocycles. The molecule has 148 valence electrons. The Morgan fingerprint density at radius 3 is 1.70 bits per heavy atom. The van der Waals surface area contributed by atoms with Gasteiger partial charge in [0.05, 0.1) is 0 Å². The summed E-state index contributed by atoms with van der Waals surface area (Å²) in [7, 11) is 0. The number of benzene rings is 4. The lowest BCUT2D eigenvalue weighted by molar-refractivity contribution is 0.514. The third-order valence-electron chi connectivity index (χ3n) is 5.05. The third-order valence-corrected chi connectivity index (χ3v) is 5.05. The van der Waals surface area contributed by atoms with E-state index in [9.17, 15) is 13.2 Å². The van der Waals surface area contributed by atoms with Crippen LogP contribution in [0.5, 0.6) is 0 Å². The second-order valence-electron chi connectivity index (χ2n) is 7.12. The van der Waals surface area contributed by atoms with Crippen molar-refractivity contribution < 1.29 is 13.2 Å². The summed E-state index contributed by atoms with van der Waals surface area (Å²) in [5.41, 5.74) is 3.90. The first-order valence-corrected chi connectivity index (χ1v) is 9.61. The molecule has 0 nitrogen and oxygen atoms in total. The van der Waals surface area contributed by atoms with E-state index in [1.807, 2.05) is 36.4 Å². The molecule has 0 saturated heterocycles. The largest absolute Gasteiger partial charge is 0.207 e. The number of aryl methyl sites for hydroxylation is 1. The molecule has 0 spiro atoms. The van der Waals surface area contributed by atoms with Crippen molar-refractivity contribution in [3.05, 3.63) is 119 Å². The van der Waals surface area contributed by atoms with E-state index >= 15 is 0 Å². The number of halogens is 3. The zero-order valence-electron chi connectivity index (χ0n) is 16.4. The van der Waals surface area contributed by atoms with Crippen LogP contribution in [0.1, 0.15) is 16.7 Å². The van der Waals surface area contributed by atoms with Crippen LogP contribution in [0.15, 0.2) is 84.9 Å². The fourth-order valence-electron chi connectivity index (χ4n) is 3.29. The first kappa shape index (κ1) is 19.7. The molecule has 0 radical (unpaired) electrons. The molecule has 0 heterocycles. The molecule has 3 heteroatoms. The molecule has 0 saturated carbocycles. The molecule has 0 aliphatic rings. The second kappa shape index (κ2) is 8.42. The summed E-state index contributed by atoms with van der Waals surface area (Å²) in [6, 6.07) is 24.3. The first-order chi connectivity index (χ1) is 14.5. The average molecular weight is 400 g/mol. The van der Waals surface area contributed by atoms with E-state index in [0.29, 0.717) is 16.7 Å². The highest BCUT2D eigenvalue weighted by atomic mass is 19.2. The van der Waals surface area contributed by atoms with Gasteiger partial charge in [0.15, 0.2) is 11.6 Å². The van der Waals surface area contributed by atoms with Gasteiger partial charge in [0.2, 0.25) is 0 Å². The van der Waals surface area contributed by atoms with Crippen molar-refractivity contribution in [1.82, 2.24) is 0 Å². The Morgan fingerprint density at radius 2 is 1.10 bits per heavy atom. The molecular formula is C27H19F3. The minimum atomic E-state index is -0.866. The van der Waals surface area contributed by atoms with Gasteiger partial charge in [0.25, 0.3) is 0 Å². The van der Waals surface area contributed by atoms with E-state index in [0.717, 1.165) is 11.1 Å². The van der Waals surface area contributed by atoms with Gasteiger partial charge in [-0.15, -0.1) is 0 Å². The average Bonchev–Trinajstić information content (AvgIpc) is 2.77. The molecule has 4 aromatic rings. The molecular weight excluding hydrogens is 381 g/mol. The zero-order chi connectivity index (χ0) is 21.1. The van der Waals surface area contributed by atoms with Gasteiger partial charge >= 0.3 is 0 Å². The highest BCUT2D eigenvalue weighted by Crippen LogP contribution is 2.31. The van der Waals surface area contributed by atoms with Crippen LogP contribution in [-0.2, 0) is 0 Å².